The lowest BCUT2D eigenvalue weighted by Gasteiger charge is -2.15. The lowest BCUT2D eigenvalue weighted by molar-refractivity contribution is 1.17. The largest absolute Gasteiger partial charge is 0.309 e. The molecule has 11 rings (SSSR count). The zero-order valence-electron chi connectivity index (χ0n) is 30.4. The molecule has 4 aromatic heterocycles. The molecule has 0 aliphatic carbocycles. The second-order valence-corrected chi connectivity index (χ2v) is 14.2. The number of benzene rings is 7. The first-order valence-electron chi connectivity index (χ1n) is 19.0. The minimum atomic E-state index is 0.949. The van der Waals surface area contributed by atoms with E-state index in [1.807, 2.05) is 24.4 Å². The zero-order chi connectivity index (χ0) is 37.0. The van der Waals surface area contributed by atoms with Gasteiger partial charge in [0.2, 0.25) is 0 Å². The van der Waals surface area contributed by atoms with Crippen LogP contribution in [0.25, 0.3) is 99.9 Å². The molecule has 0 N–H and O–H groups in total. The van der Waals surface area contributed by atoms with Crippen molar-refractivity contribution in [1.29, 1.82) is 0 Å². The van der Waals surface area contributed by atoms with Crippen LogP contribution in [0.2, 0.25) is 0 Å². The van der Waals surface area contributed by atoms with Gasteiger partial charge in [0.15, 0.2) is 0 Å². The van der Waals surface area contributed by atoms with Crippen molar-refractivity contribution in [2.24, 2.45) is 0 Å². The predicted octanol–water partition coefficient (Wildman–Crippen LogP) is 13.3. The Morgan fingerprint density at radius 2 is 0.964 bits per heavy atom. The van der Waals surface area contributed by atoms with E-state index in [1.165, 1.54) is 27.4 Å². The number of aromatic nitrogens is 4. The summed E-state index contributed by atoms with van der Waals surface area (Å²) >= 11 is 0. The average Bonchev–Trinajstić information content (AvgIpc) is 3.80. The maximum absolute atomic E-state index is 5.15. The molecule has 0 aliphatic heterocycles. The van der Waals surface area contributed by atoms with Crippen molar-refractivity contribution in [2.75, 3.05) is 0 Å². The number of fused-ring (bicyclic) bond motifs is 6. The van der Waals surface area contributed by atoms with Gasteiger partial charge in [-0.2, -0.15) is 0 Å². The number of para-hydroxylation sites is 3. The SMILES string of the molecule is c1ccc(-c2cc(-c3cccc(-n4c5ccccc5c5cccc(-c6ccc7c8ncccc8n(-c8ccccc8)c7c6)c54)c3)cc(-c3ccccc3)n2)cc1. The van der Waals surface area contributed by atoms with Gasteiger partial charge in [0.25, 0.3) is 0 Å². The number of hydrogen-bond donors (Lipinski definition) is 0. The van der Waals surface area contributed by atoms with Gasteiger partial charge in [-0.25, -0.2) is 4.98 Å². The molecule has 262 valence electrons. The first-order valence-corrected chi connectivity index (χ1v) is 19.0. The van der Waals surface area contributed by atoms with Gasteiger partial charge in [-0.15, -0.1) is 0 Å². The summed E-state index contributed by atoms with van der Waals surface area (Å²) in [5, 5.41) is 3.58. The van der Waals surface area contributed by atoms with Crippen LogP contribution in [0.4, 0.5) is 0 Å². The Hall–Kier alpha value is -7.56. The van der Waals surface area contributed by atoms with Gasteiger partial charge in [0, 0.05) is 50.4 Å². The summed E-state index contributed by atoms with van der Waals surface area (Å²) in [6.07, 6.45) is 1.88. The third-order valence-corrected chi connectivity index (χ3v) is 10.9. The highest BCUT2D eigenvalue weighted by atomic mass is 15.0. The fourth-order valence-electron chi connectivity index (χ4n) is 8.41. The van der Waals surface area contributed by atoms with Crippen LogP contribution in [0.3, 0.4) is 0 Å². The Balaban J connectivity index is 1.13. The highest BCUT2D eigenvalue weighted by Gasteiger charge is 2.19. The van der Waals surface area contributed by atoms with Crippen molar-refractivity contribution in [1.82, 2.24) is 19.1 Å². The number of hydrogen-bond acceptors (Lipinski definition) is 2. The molecule has 0 aliphatic rings. The van der Waals surface area contributed by atoms with E-state index < -0.39 is 0 Å². The molecule has 4 nitrogen and oxygen atoms in total. The van der Waals surface area contributed by atoms with Gasteiger partial charge in [-0.05, 0) is 83.4 Å². The maximum atomic E-state index is 5.15. The van der Waals surface area contributed by atoms with Crippen molar-refractivity contribution in [3.8, 4) is 56.1 Å². The van der Waals surface area contributed by atoms with Crippen molar-refractivity contribution < 1.29 is 0 Å². The standard InChI is InChI=1S/C52H34N4/c1-4-15-35(16-5-1)46-32-39(33-47(54-46)36-17-6-2-7-18-36)37-19-12-22-41(31-37)56-48-26-11-10-23-43(48)44-25-13-24-42(52(44)56)38-28-29-45-50(34-38)55(40-20-8-3-9-21-40)49-27-14-30-53-51(45)49/h1-34H. The smallest absolute Gasteiger partial charge is 0.0963 e. The summed E-state index contributed by atoms with van der Waals surface area (Å²) in [4.78, 5) is 9.99. The fourth-order valence-corrected chi connectivity index (χ4v) is 8.41. The van der Waals surface area contributed by atoms with E-state index in [9.17, 15) is 0 Å². The van der Waals surface area contributed by atoms with Crippen LogP contribution < -0.4 is 0 Å². The third kappa shape index (κ3) is 5.23. The van der Waals surface area contributed by atoms with Crippen LogP contribution in [-0.4, -0.2) is 19.1 Å². The minimum absolute atomic E-state index is 0.949. The Labute approximate surface area is 324 Å². The lowest BCUT2D eigenvalue weighted by atomic mass is 9.99. The molecule has 0 fully saturated rings. The zero-order valence-corrected chi connectivity index (χ0v) is 30.4. The fraction of sp³-hybridized carbons (Fsp3) is 0. The molecule has 4 heterocycles. The predicted molar refractivity (Wildman–Crippen MR) is 232 cm³/mol. The van der Waals surface area contributed by atoms with E-state index in [1.54, 1.807) is 0 Å². The number of nitrogens with zero attached hydrogens (tertiary/aromatic N) is 4. The van der Waals surface area contributed by atoms with Crippen LogP contribution in [0.1, 0.15) is 0 Å². The third-order valence-electron chi connectivity index (χ3n) is 10.9. The lowest BCUT2D eigenvalue weighted by Crippen LogP contribution is -1.97. The van der Waals surface area contributed by atoms with Gasteiger partial charge in [-0.1, -0.05) is 133 Å². The molecule has 0 saturated heterocycles. The van der Waals surface area contributed by atoms with Crippen molar-refractivity contribution >= 4 is 43.7 Å². The van der Waals surface area contributed by atoms with Crippen LogP contribution in [0, 0.1) is 0 Å². The topological polar surface area (TPSA) is 35.6 Å². The normalized spacial score (nSPS) is 11.6. The summed E-state index contributed by atoms with van der Waals surface area (Å²) in [6, 6.07) is 71.3. The molecule has 4 heteroatoms. The Morgan fingerprint density at radius 3 is 1.73 bits per heavy atom. The van der Waals surface area contributed by atoms with E-state index in [0.717, 1.165) is 72.5 Å². The number of rotatable bonds is 6. The molecule has 0 saturated carbocycles. The summed E-state index contributed by atoms with van der Waals surface area (Å²) in [5.74, 6) is 0. The van der Waals surface area contributed by atoms with E-state index in [0.29, 0.717) is 0 Å². The van der Waals surface area contributed by atoms with Crippen LogP contribution in [0.15, 0.2) is 206 Å². The van der Waals surface area contributed by atoms with Gasteiger partial charge < -0.3 is 9.13 Å². The molecule has 11 aromatic rings. The van der Waals surface area contributed by atoms with Gasteiger partial charge in [0.1, 0.15) is 0 Å². The van der Waals surface area contributed by atoms with Crippen LogP contribution in [-0.2, 0) is 0 Å². The quantitative estimate of drug-likeness (QED) is 0.172. The van der Waals surface area contributed by atoms with E-state index in [4.69, 9.17) is 9.97 Å². The molecular weight excluding hydrogens is 681 g/mol. The first-order chi connectivity index (χ1) is 27.8. The molecule has 0 unspecified atom stereocenters. The maximum Gasteiger partial charge on any atom is 0.0963 e. The van der Waals surface area contributed by atoms with Crippen LogP contribution >= 0.6 is 0 Å². The second-order valence-electron chi connectivity index (χ2n) is 14.2. The van der Waals surface area contributed by atoms with E-state index in [2.05, 4.69) is 191 Å². The minimum Gasteiger partial charge on any atom is -0.309 e. The molecule has 56 heavy (non-hydrogen) atoms. The van der Waals surface area contributed by atoms with Crippen molar-refractivity contribution in [3.63, 3.8) is 0 Å². The summed E-state index contributed by atoms with van der Waals surface area (Å²) in [5.41, 5.74) is 16.4. The monoisotopic (exact) mass is 714 g/mol. The van der Waals surface area contributed by atoms with Gasteiger partial charge in [0.05, 0.1) is 39.0 Å². The van der Waals surface area contributed by atoms with E-state index >= 15 is 0 Å². The molecule has 7 aromatic carbocycles. The average molecular weight is 715 g/mol. The highest BCUT2D eigenvalue weighted by Crippen LogP contribution is 2.41. The second kappa shape index (κ2) is 13.1. The molecule has 0 radical (unpaired) electrons. The van der Waals surface area contributed by atoms with Gasteiger partial charge in [-0.3, -0.25) is 4.98 Å². The highest BCUT2D eigenvalue weighted by molar-refractivity contribution is 6.15. The van der Waals surface area contributed by atoms with Crippen molar-refractivity contribution in [2.45, 2.75) is 0 Å². The van der Waals surface area contributed by atoms with E-state index in [-0.39, 0.29) is 0 Å². The Kier molecular flexibility index (Phi) is 7.46. The molecule has 0 bridgehead atoms. The van der Waals surface area contributed by atoms with Gasteiger partial charge >= 0.3 is 0 Å². The Morgan fingerprint density at radius 1 is 0.339 bits per heavy atom. The first kappa shape index (κ1) is 31.9. The molecule has 0 amide bonds. The summed E-state index contributed by atoms with van der Waals surface area (Å²) < 4.78 is 4.78. The molecule has 0 atom stereocenters. The Bertz CT molecular complexity index is 3170. The molecular formula is C52H34N4. The van der Waals surface area contributed by atoms with Crippen LogP contribution in [0.5, 0.6) is 0 Å². The molecule has 0 spiro atoms. The van der Waals surface area contributed by atoms with Crippen molar-refractivity contribution in [3.05, 3.63) is 206 Å². The summed E-state index contributed by atoms with van der Waals surface area (Å²) in [7, 11) is 0. The summed E-state index contributed by atoms with van der Waals surface area (Å²) in [6.45, 7) is 0. The number of pyridine rings is 2.